The minimum Gasteiger partial charge on any atom is -0.493 e. The van der Waals surface area contributed by atoms with E-state index in [4.69, 9.17) is 15.3 Å². The number of ether oxygens (including phenoxy) is 1. The van der Waals surface area contributed by atoms with E-state index in [0.29, 0.717) is 50.5 Å². The quantitative estimate of drug-likeness (QED) is 0.0156. The molecule has 5 aromatic carbocycles. The Morgan fingerprint density at radius 2 is 1.49 bits per heavy atom. The molecule has 7 aromatic rings. The van der Waals surface area contributed by atoms with Crippen LogP contribution in [0.5, 0.6) is 11.6 Å². The maximum Gasteiger partial charge on any atom is 0.296 e. The zero-order valence-corrected chi connectivity index (χ0v) is 34.9. The molecule has 20 nitrogen and oxygen atoms in total. The molecule has 0 aliphatic rings. The number of azo groups is 3. The zero-order valence-electron chi connectivity index (χ0n) is 32.4. The fourth-order valence-electron chi connectivity index (χ4n) is 6.07. The SMILES string of the molecule is Cc1cc(N=Nc2c(-c3ccccc3)c(C#N)c3nc4ccccc4n3c2O)c(OCCCSOOO)cc1N=Nc1ccc(N=Nc2ccc(SOOO)cc2)cc1S(=O)(=O)O. The van der Waals surface area contributed by atoms with Gasteiger partial charge in [-0.3, -0.25) is 8.95 Å². The average molecular weight is 910 g/mol. The van der Waals surface area contributed by atoms with Gasteiger partial charge in [-0.05, 0) is 85.1 Å². The maximum atomic E-state index is 12.5. The van der Waals surface area contributed by atoms with Crippen LogP contribution in [0.2, 0.25) is 0 Å². The van der Waals surface area contributed by atoms with Crippen LogP contribution in [0.1, 0.15) is 17.5 Å². The summed E-state index contributed by atoms with van der Waals surface area (Å²) in [5.41, 5.74) is 3.52. The lowest BCUT2D eigenvalue weighted by Gasteiger charge is -2.13. The van der Waals surface area contributed by atoms with Crippen LogP contribution < -0.4 is 4.74 Å². The molecular formula is C40H31N9O11S3. The maximum absolute atomic E-state index is 12.5. The Bertz CT molecular complexity index is 3020. The summed E-state index contributed by atoms with van der Waals surface area (Å²) in [6, 6.07) is 31.6. The number of hydrogen-bond donors (Lipinski definition) is 4. The van der Waals surface area contributed by atoms with E-state index in [9.17, 15) is 23.3 Å². The molecule has 23 heteroatoms. The van der Waals surface area contributed by atoms with Gasteiger partial charge in [-0.15, -0.1) is 24.0 Å². The summed E-state index contributed by atoms with van der Waals surface area (Å²) in [4.78, 5) is 4.65. The van der Waals surface area contributed by atoms with Crippen molar-refractivity contribution in [1.82, 2.24) is 9.38 Å². The molecule has 0 unspecified atom stereocenters. The fraction of sp³-hybridized carbons (Fsp3) is 0.100. The Labute approximate surface area is 365 Å². The Morgan fingerprint density at radius 3 is 2.24 bits per heavy atom. The van der Waals surface area contributed by atoms with Gasteiger partial charge in [0.1, 0.15) is 33.7 Å². The highest BCUT2D eigenvalue weighted by atomic mass is 32.2. The number of imidazole rings is 1. The van der Waals surface area contributed by atoms with Crippen molar-refractivity contribution in [2.45, 2.75) is 23.1 Å². The van der Waals surface area contributed by atoms with Crippen molar-refractivity contribution in [2.75, 3.05) is 12.4 Å². The van der Waals surface area contributed by atoms with Crippen molar-refractivity contribution in [3.63, 3.8) is 0 Å². The third kappa shape index (κ3) is 10.5. The Morgan fingerprint density at radius 1 is 0.794 bits per heavy atom. The first-order valence-electron chi connectivity index (χ1n) is 18.2. The summed E-state index contributed by atoms with van der Waals surface area (Å²) in [7, 11) is -4.83. The second-order valence-electron chi connectivity index (χ2n) is 12.9. The summed E-state index contributed by atoms with van der Waals surface area (Å²) in [6.07, 6.45) is 0.408. The first-order valence-corrected chi connectivity index (χ1v) is 21.3. The molecule has 7 rings (SSSR count). The molecule has 320 valence electrons. The summed E-state index contributed by atoms with van der Waals surface area (Å²) in [5.74, 6) is 0.199. The fourth-order valence-corrected chi connectivity index (χ4v) is 7.41. The largest absolute Gasteiger partial charge is 0.493 e. The minimum absolute atomic E-state index is 0.0177. The van der Waals surface area contributed by atoms with E-state index in [0.717, 1.165) is 30.2 Å². The van der Waals surface area contributed by atoms with Gasteiger partial charge in [-0.2, -0.15) is 29.0 Å². The number of aromatic nitrogens is 2. The summed E-state index contributed by atoms with van der Waals surface area (Å²) >= 11 is 1.59. The molecule has 2 aromatic heterocycles. The highest BCUT2D eigenvalue weighted by molar-refractivity contribution is 7.94. The third-order valence-corrected chi connectivity index (χ3v) is 11.0. The van der Waals surface area contributed by atoms with Crippen molar-refractivity contribution in [3.8, 4) is 28.8 Å². The topological polar surface area (TPSA) is 276 Å². The number of hydrogen-bond acceptors (Lipinski definition) is 20. The smallest absolute Gasteiger partial charge is 0.296 e. The van der Waals surface area contributed by atoms with E-state index in [-0.39, 0.29) is 57.9 Å². The third-order valence-electron chi connectivity index (χ3n) is 8.88. The summed E-state index contributed by atoms with van der Waals surface area (Å²) in [6.45, 7) is 1.80. The normalized spacial score (nSPS) is 12.0. The molecule has 0 spiro atoms. The molecule has 0 radical (unpaired) electrons. The lowest BCUT2D eigenvalue weighted by molar-refractivity contribution is -0.432. The second kappa shape index (κ2) is 20.5. The van der Waals surface area contributed by atoms with E-state index in [1.54, 1.807) is 85.8 Å². The first-order chi connectivity index (χ1) is 30.6. The van der Waals surface area contributed by atoms with Gasteiger partial charge in [0.2, 0.25) is 5.88 Å². The predicted molar refractivity (Wildman–Crippen MR) is 229 cm³/mol. The van der Waals surface area contributed by atoms with Crippen molar-refractivity contribution in [2.24, 2.45) is 30.7 Å². The van der Waals surface area contributed by atoms with Crippen LogP contribution in [0.3, 0.4) is 0 Å². The van der Waals surface area contributed by atoms with Gasteiger partial charge in [-0.25, -0.2) is 15.5 Å². The van der Waals surface area contributed by atoms with E-state index in [2.05, 4.69) is 60.5 Å². The lowest BCUT2D eigenvalue weighted by Crippen LogP contribution is -2.00. The first kappa shape index (κ1) is 44.4. The van der Waals surface area contributed by atoms with Gasteiger partial charge in [0.05, 0.1) is 46.7 Å². The van der Waals surface area contributed by atoms with E-state index >= 15 is 0 Å². The second-order valence-corrected chi connectivity index (χ2v) is 15.8. The van der Waals surface area contributed by atoms with Crippen LogP contribution in [0.15, 0.2) is 150 Å². The van der Waals surface area contributed by atoms with Gasteiger partial charge in [0.25, 0.3) is 10.1 Å². The Balaban J connectivity index is 1.25. The summed E-state index contributed by atoms with van der Waals surface area (Å²) in [5, 5.41) is 72.0. The predicted octanol–water partition coefficient (Wildman–Crippen LogP) is 11.8. The van der Waals surface area contributed by atoms with Gasteiger partial charge < -0.3 is 9.84 Å². The van der Waals surface area contributed by atoms with Crippen molar-refractivity contribution < 1.29 is 52.1 Å². The van der Waals surface area contributed by atoms with Crippen LogP contribution >= 0.6 is 24.1 Å². The minimum atomic E-state index is -4.83. The molecule has 2 heterocycles. The number of para-hydroxylation sites is 2. The average Bonchev–Trinajstić information content (AvgIpc) is 3.69. The van der Waals surface area contributed by atoms with Crippen LogP contribution in [-0.2, 0) is 28.9 Å². The van der Waals surface area contributed by atoms with E-state index in [1.807, 2.05) is 6.07 Å². The highest BCUT2D eigenvalue weighted by Gasteiger charge is 2.25. The number of aromatic hydroxyl groups is 1. The number of nitriles is 1. The van der Waals surface area contributed by atoms with E-state index < -0.39 is 15.0 Å². The van der Waals surface area contributed by atoms with Crippen LogP contribution in [0.4, 0.5) is 34.1 Å². The molecule has 0 bridgehead atoms. The van der Waals surface area contributed by atoms with Crippen molar-refractivity contribution in [3.05, 3.63) is 120 Å². The molecule has 0 amide bonds. The molecule has 0 aliphatic heterocycles. The van der Waals surface area contributed by atoms with Crippen LogP contribution in [-0.4, -0.2) is 50.3 Å². The van der Waals surface area contributed by atoms with E-state index in [1.165, 1.54) is 22.6 Å². The molecular weight excluding hydrogens is 879 g/mol. The van der Waals surface area contributed by atoms with Crippen molar-refractivity contribution >= 4 is 85.0 Å². The number of pyridine rings is 1. The zero-order chi connectivity index (χ0) is 44.3. The number of rotatable bonds is 18. The number of nitrogens with zero attached hydrogens (tertiary/aromatic N) is 9. The summed E-state index contributed by atoms with van der Waals surface area (Å²) < 4.78 is 51.5. The van der Waals surface area contributed by atoms with Gasteiger partial charge in [0, 0.05) is 34.3 Å². The highest BCUT2D eigenvalue weighted by Crippen LogP contribution is 2.45. The number of aryl methyl sites for hydroxylation is 1. The molecule has 63 heavy (non-hydrogen) atoms. The lowest BCUT2D eigenvalue weighted by atomic mass is 9.99. The Kier molecular flexibility index (Phi) is 14.4. The van der Waals surface area contributed by atoms with Gasteiger partial charge >= 0.3 is 0 Å². The standard InChI is InChI=1S/C40H31N9O11S3/c1-24-20-33(47-48-38-37(25-8-3-2-4-9-25)29(23-41)39-42-30-10-5-6-11-34(30)49(39)40(38)50)35(56-18-7-19-61-59-57-51)22-32(24)46-45-31-17-14-27(21-36(31)63(53,54)55)44-43-26-12-15-28(16-13-26)62-60-58-52/h2-6,8-17,20-22,50-52H,7,18-19H2,1H3,(H,53,54,55). The number of fused-ring (bicyclic) bond motifs is 3. The van der Waals surface area contributed by atoms with Crippen molar-refractivity contribution in [1.29, 1.82) is 5.26 Å². The van der Waals surface area contributed by atoms with Crippen LogP contribution in [0.25, 0.3) is 27.8 Å². The van der Waals surface area contributed by atoms with Gasteiger partial charge in [-0.1, -0.05) is 52.5 Å². The molecule has 0 fully saturated rings. The molecule has 0 atom stereocenters. The molecule has 0 saturated heterocycles. The number of benzene rings is 5. The monoisotopic (exact) mass is 909 g/mol. The van der Waals surface area contributed by atoms with Crippen LogP contribution in [0, 0.1) is 18.3 Å². The molecule has 0 saturated carbocycles. The molecule has 4 N–H and O–H groups in total. The Hall–Kier alpha value is -6.69. The molecule has 0 aliphatic carbocycles. The van der Waals surface area contributed by atoms with Gasteiger partial charge in [0.15, 0.2) is 11.3 Å².